The van der Waals surface area contributed by atoms with E-state index in [2.05, 4.69) is 28.9 Å². The van der Waals surface area contributed by atoms with Gasteiger partial charge in [-0.1, -0.05) is 0 Å². The Morgan fingerprint density at radius 2 is 2.26 bits per heavy atom. The van der Waals surface area contributed by atoms with Gasteiger partial charge in [0.1, 0.15) is 0 Å². The highest BCUT2D eigenvalue weighted by Crippen LogP contribution is 2.37. The third-order valence-electron chi connectivity index (χ3n) is 4.55. The van der Waals surface area contributed by atoms with E-state index >= 15 is 0 Å². The van der Waals surface area contributed by atoms with Gasteiger partial charge in [-0.3, -0.25) is 10.00 Å². The monoisotopic (exact) mass is 264 g/mol. The zero-order valence-corrected chi connectivity index (χ0v) is 11.9. The molecule has 19 heavy (non-hydrogen) atoms. The number of hydrogen-bond donors (Lipinski definition) is 2. The molecular weight excluding hydrogens is 240 g/mol. The van der Waals surface area contributed by atoms with Gasteiger partial charge in [0.25, 0.3) is 0 Å². The van der Waals surface area contributed by atoms with Crippen LogP contribution in [0.4, 0.5) is 0 Å². The van der Waals surface area contributed by atoms with Crippen LogP contribution in [0.15, 0.2) is 0 Å². The predicted molar refractivity (Wildman–Crippen MR) is 74.0 cm³/mol. The molecule has 0 spiro atoms. The molecule has 2 heterocycles. The van der Waals surface area contributed by atoms with Gasteiger partial charge in [-0.15, -0.1) is 0 Å². The number of aromatic amines is 1. The highest BCUT2D eigenvalue weighted by atomic mass is 16.5. The molecule has 5 nitrogen and oxygen atoms in total. The molecule has 2 aliphatic rings. The first-order valence-electron chi connectivity index (χ1n) is 7.21. The van der Waals surface area contributed by atoms with Gasteiger partial charge in [-0.2, -0.15) is 5.10 Å². The summed E-state index contributed by atoms with van der Waals surface area (Å²) >= 11 is 0. The second-order valence-electron chi connectivity index (χ2n) is 6.09. The highest BCUT2D eigenvalue weighted by Gasteiger charge is 2.39. The van der Waals surface area contributed by atoms with Crippen LogP contribution in [-0.4, -0.2) is 46.9 Å². The molecule has 0 radical (unpaired) electrons. The summed E-state index contributed by atoms with van der Waals surface area (Å²) in [6.45, 7) is 7.80. The molecule has 1 aliphatic carbocycles. The van der Waals surface area contributed by atoms with Crippen LogP contribution < -0.4 is 5.73 Å². The van der Waals surface area contributed by atoms with E-state index in [1.165, 1.54) is 18.4 Å². The number of H-pyrrole nitrogens is 1. The number of ether oxygens (including phenoxy) is 1. The van der Waals surface area contributed by atoms with Crippen molar-refractivity contribution in [3.05, 3.63) is 17.0 Å². The Morgan fingerprint density at radius 3 is 2.89 bits per heavy atom. The average Bonchev–Trinajstić information content (AvgIpc) is 3.05. The Bertz CT molecular complexity index is 433. The minimum absolute atomic E-state index is 0.128. The molecule has 5 heteroatoms. The summed E-state index contributed by atoms with van der Waals surface area (Å²) < 4.78 is 5.68. The molecule has 0 bridgehead atoms. The van der Waals surface area contributed by atoms with Crippen molar-refractivity contribution in [1.29, 1.82) is 0 Å². The van der Waals surface area contributed by atoms with Crippen LogP contribution in [0.25, 0.3) is 0 Å². The van der Waals surface area contributed by atoms with E-state index in [0.29, 0.717) is 6.04 Å². The zero-order chi connectivity index (χ0) is 13.5. The first kappa shape index (κ1) is 13.1. The van der Waals surface area contributed by atoms with Gasteiger partial charge in [0, 0.05) is 29.9 Å². The summed E-state index contributed by atoms with van der Waals surface area (Å²) in [5.74, 6) is 0. The third-order valence-corrected chi connectivity index (χ3v) is 4.55. The SMILES string of the molecule is Cc1n[nH]c(C)c1C1COCCN1CCC1(N)CC1. The van der Waals surface area contributed by atoms with E-state index in [-0.39, 0.29) is 5.54 Å². The Labute approximate surface area is 114 Å². The molecule has 1 saturated heterocycles. The van der Waals surface area contributed by atoms with Crippen LogP contribution in [0, 0.1) is 13.8 Å². The molecule has 0 aromatic carbocycles. The zero-order valence-electron chi connectivity index (χ0n) is 11.9. The lowest BCUT2D eigenvalue weighted by Gasteiger charge is -2.36. The van der Waals surface area contributed by atoms with Crippen LogP contribution in [0.1, 0.15) is 42.3 Å². The maximum atomic E-state index is 6.21. The Kier molecular flexibility index (Phi) is 3.37. The molecule has 1 aliphatic heterocycles. The molecule has 1 aromatic rings. The third kappa shape index (κ3) is 2.68. The molecule has 1 aromatic heterocycles. The second-order valence-corrected chi connectivity index (χ2v) is 6.09. The fourth-order valence-electron chi connectivity index (χ4n) is 3.00. The van der Waals surface area contributed by atoms with Gasteiger partial charge in [0.05, 0.1) is 24.9 Å². The van der Waals surface area contributed by atoms with E-state index in [1.807, 2.05) is 0 Å². The fraction of sp³-hybridized carbons (Fsp3) is 0.786. The smallest absolute Gasteiger partial charge is 0.0665 e. The second kappa shape index (κ2) is 4.89. The van der Waals surface area contributed by atoms with Gasteiger partial charge < -0.3 is 10.5 Å². The van der Waals surface area contributed by atoms with Crippen LogP contribution in [0.5, 0.6) is 0 Å². The van der Waals surface area contributed by atoms with Crippen LogP contribution in [0.3, 0.4) is 0 Å². The molecule has 2 fully saturated rings. The summed E-state index contributed by atoms with van der Waals surface area (Å²) in [6, 6.07) is 0.329. The van der Waals surface area contributed by atoms with E-state index in [4.69, 9.17) is 10.5 Å². The molecule has 106 valence electrons. The number of rotatable bonds is 4. The maximum Gasteiger partial charge on any atom is 0.0665 e. The normalized spacial score (nSPS) is 26.6. The van der Waals surface area contributed by atoms with Gasteiger partial charge in [0.15, 0.2) is 0 Å². The van der Waals surface area contributed by atoms with E-state index < -0.39 is 0 Å². The van der Waals surface area contributed by atoms with Crippen molar-refractivity contribution in [1.82, 2.24) is 15.1 Å². The van der Waals surface area contributed by atoms with Crippen molar-refractivity contribution in [2.45, 2.75) is 44.7 Å². The van der Waals surface area contributed by atoms with Crippen molar-refractivity contribution in [3.8, 4) is 0 Å². The molecule has 1 unspecified atom stereocenters. The number of nitrogens with zero attached hydrogens (tertiary/aromatic N) is 2. The molecule has 1 saturated carbocycles. The first-order chi connectivity index (χ1) is 9.09. The lowest BCUT2D eigenvalue weighted by Crippen LogP contribution is -2.42. The lowest BCUT2D eigenvalue weighted by atomic mass is 10.0. The summed E-state index contributed by atoms with van der Waals surface area (Å²) in [4.78, 5) is 2.52. The van der Waals surface area contributed by atoms with Crippen molar-refractivity contribution >= 4 is 0 Å². The summed E-state index contributed by atoms with van der Waals surface area (Å²) in [7, 11) is 0. The predicted octanol–water partition coefficient (Wildman–Crippen LogP) is 1.28. The lowest BCUT2D eigenvalue weighted by molar-refractivity contribution is -0.0103. The number of nitrogens with one attached hydrogen (secondary N) is 1. The Hall–Kier alpha value is -0.910. The standard InChI is InChI=1S/C14H24N4O/c1-10-13(11(2)17-16-10)12-9-19-8-7-18(12)6-5-14(15)3-4-14/h12H,3-9,15H2,1-2H3,(H,16,17). The molecule has 1 atom stereocenters. The van der Waals surface area contributed by atoms with Gasteiger partial charge in [-0.25, -0.2) is 0 Å². The number of morpholine rings is 1. The number of aryl methyl sites for hydroxylation is 2. The van der Waals surface area contributed by atoms with Gasteiger partial charge in [-0.05, 0) is 33.1 Å². The largest absolute Gasteiger partial charge is 0.378 e. The number of nitrogens with two attached hydrogens (primary N) is 1. The van der Waals surface area contributed by atoms with E-state index in [9.17, 15) is 0 Å². The first-order valence-corrected chi connectivity index (χ1v) is 7.21. The molecular formula is C14H24N4O. The van der Waals surface area contributed by atoms with Crippen LogP contribution in [0.2, 0.25) is 0 Å². The van der Waals surface area contributed by atoms with Crippen molar-refractivity contribution in [3.63, 3.8) is 0 Å². The molecule has 3 rings (SSSR count). The highest BCUT2D eigenvalue weighted by molar-refractivity contribution is 5.27. The number of aromatic nitrogens is 2. The van der Waals surface area contributed by atoms with Gasteiger partial charge in [0.2, 0.25) is 0 Å². The van der Waals surface area contributed by atoms with Crippen LogP contribution in [-0.2, 0) is 4.74 Å². The van der Waals surface area contributed by atoms with Crippen LogP contribution >= 0.6 is 0 Å². The minimum atomic E-state index is 0.128. The van der Waals surface area contributed by atoms with Gasteiger partial charge >= 0.3 is 0 Å². The molecule has 0 amide bonds. The quantitative estimate of drug-likeness (QED) is 0.859. The Balaban J connectivity index is 1.73. The summed E-state index contributed by atoms with van der Waals surface area (Å²) in [6.07, 6.45) is 3.47. The van der Waals surface area contributed by atoms with Crippen molar-refractivity contribution in [2.75, 3.05) is 26.3 Å². The van der Waals surface area contributed by atoms with E-state index in [0.717, 1.165) is 44.1 Å². The summed E-state index contributed by atoms with van der Waals surface area (Å²) in [5, 5.41) is 7.40. The Morgan fingerprint density at radius 1 is 1.47 bits per heavy atom. The number of hydrogen-bond acceptors (Lipinski definition) is 4. The average molecular weight is 264 g/mol. The fourth-order valence-corrected chi connectivity index (χ4v) is 3.00. The van der Waals surface area contributed by atoms with Crippen molar-refractivity contribution in [2.24, 2.45) is 5.73 Å². The topological polar surface area (TPSA) is 67.2 Å². The van der Waals surface area contributed by atoms with Crippen molar-refractivity contribution < 1.29 is 4.74 Å². The summed E-state index contributed by atoms with van der Waals surface area (Å²) in [5.41, 5.74) is 9.90. The minimum Gasteiger partial charge on any atom is -0.378 e. The van der Waals surface area contributed by atoms with E-state index in [1.54, 1.807) is 0 Å². The molecule has 3 N–H and O–H groups in total. The maximum absolute atomic E-state index is 6.21.